The van der Waals surface area contributed by atoms with Crippen LogP contribution in [0.25, 0.3) is 0 Å². The van der Waals surface area contributed by atoms with Gasteiger partial charge in [-0.1, -0.05) is 0 Å². The van der Waals surface area contributed by atoms with Crippen molar-refractivity contribution in [2.45, 2.75) is 4.90 Å². The van der Waals surface area contributed by atoms with Gasteiger partial charge in [-0.25, -0.2) is 26.7 Å². The van der Waals surface area contributed by atoms with Crippen molar-refractivity contribution in [3.05, 3.63) is 59.2 Å². The Bertz CT molecular complexity index is 991. The van der Waals surface area contributed by atoms with E-state index in [0.717, 1.165) is 31.3 Å². The molecule has 0 aliphatic heterocycles. The zero-order chi connectivity index (χ0) is 20.2. The highest BCUT2D eigenvalue weighted by molar-refractivity contribution is 7.89. The molecule has 2 aromatic carbocycles. The van der Waals surface area contributed by atoms with Gasteiger partial charge in [0.05, 0.1) is 17.6 Å². The van der Waals surface area contributed by atoms with Crippen LogP contribution in [0.5, 0.6) is 5.75 Å². The summed E-state index contributed by atoms with van der Waals surface area (Å²) in [4.78, 5) is 23.7. The molecule has 10 heteroatoms. The highest BCUT2D eigenvalue weighted by Crippen LogP contribution is 2.19. The lowest BCUT2D eigenvalue weighted by molar-refractivity contribution is 0.0469. The average Bonchev–Trinajstić information content (AvgIpc) is 2.65. The molecule has 0 atom stereocenters. The maximum atomic E-state index is 13.8. The maximum absolute atomic E-state index is 13.8. The number of ether oxygens (including phenoxy) is 2. The molecule has 0 amide bonds. The molecule has 0 bridgehead atoms. The van der Waals surface area contributed by atoms with E-state index in [-0.39, 0.29) is 16.2 Å². The van der Waals surface area contributed by atoms with Crippen molar-refractivity contribution in [3.8, 4) is 5.75 Å². The van der Waals surface area contributed by atoms with Crippen molar-refractivity contribution in [1.29, 1.82) is 0 Å². The Morgan fingerprint density at radius 1 is 1.07 bits per heavy atom. The Labute approximate surface area is 154 Å². The third-order valence-corrected chi connectivity index (χ3v) is 4.96. The van der Waals surface area contributed by atoms with Crippen molar-refractivity contribution in [1.82, 2.24) is 4.72 Å². The van der Waals surface area contributed by atoms with Gasteiger partial charge in [0, 0.05) is 5.56 Å². The third-order valence-electron chi connectivity index (χ3n) is 3.54. The Kier molecular flexibility index (Phi) is 6.24. The molecule has 0 aromatic heterocycles. The van der Waals surface area contributed by atoms with Gasteiger partial charge in [0.1, 0.15) is 5.82 Å². The van der Waals surface area contributed by atoms with Crippen LogP contribution in [0.3, 0.4) is 0 Å². The van der Waals surface area contributed by atoms with E-state index in [0.29, 0.717) is 0 Å². The fourth-order valence-electron chi connectivity index (χ4n) is 2.08. The van der Waals surface area contributed by atoms with Gasteiger partial charge in [-0.05, 0) is 43.4 Å². The number of rotatable bonds is 7. The van der Waals surface area contributed by atoms with Gasteiger partial charge in [0.25, 0.3) is 0 Å². The quantitative estimate of drug-likeness (QED) is 0.564. The summed E-state index contributed by atoms with van der Waals surface area (Å²) in [6, 6.07) is 5.98. The van der Waals surface area contributed by atoms with Gasteiger partial charge >= 0.3 is 5.97 Å². The molecule has 0 fully saturated rings. The first-order valence-corrected chi connectivity index (χ1v) is 8.95. The molecule has 0 aliphatic rings. The number of carbonyl (C=O) groups is 2. The van der Waals surface area contributed by atoms with Crippen LogP contribution < -0.4 is 9.46 Å². The number of halogens is 2. The molecule has 0 unspecified atom stereocenters. The number of benzene rings is 2. The molecule has 27 heavy (non-hydrogen) atoms. The fourth-order valence-corrected chi connectivity index (χ4v) is 2.83. The minimum absolute atomic E-state index is 0.0619. The summed E-state index contributed by atoms with van der Waals surface area (Å²) in [5.74, 6) is -3.82. The number of methoxy groups -OCH3 is 1. The van der Waals surface area contributed by atoms with Crippen molar-refractivity contribution >= 4 is 21.8 Å². The second-order valence-corrected chi connectivity index (χ2v) is 7.08. The first-order valence-electron chi connectivity index (χ1n) is 7.46. The van der Waals surface area contributed by atoms with Crippen LogP contribution in [0.1, 0.15) is 20.7 Å². The first kappa shape index (κ1) is 20.5. The van der Waals surface area contributed by atoms with Gasteiger partial charge in [-0.2, -0.15) is 0 Å². The van der Waals surface area contributed by atoms with E-state index in [2.05, 4.69) is 0 Å². The molecule has 7 nitrogen and oxygen atoms in total. The molecule has 0 heterocycles. The smallest absolute Gasteiger partial charge is 0.341 e. The Hall–Kier alpha value is -2.85. The summed E-state index contributed by atoms with van der Waals surface area (Å²) in [7, 11) is -1.48. The lowest BCUT2D eigenvalue weighted by atomic mass is 10.1. The van der Waals surface area contributed by atoms with Crippen molar-refractivity contribution < 1.29 is 36.3 Å². The lowest BCUT2D eigenvalue weighted by Crippen LogP contribution is -2.20. The molecule has 0 saturated heterocycles. The zero-order valence-corrected chi connectivity index (χ0v) is 15.1. The number of hydrogen-bond acceptors (Lipinski definition) is 6. The summed E-state index contributed by atoms with van der Waals surface area (Å²) in [6.07, 6.45) is 0. The number of ketones is 1. The number of esters is 1. The average molecular weight is 399 g/mol. The Balaban J connectivity index is 2.15. The predicted molar refractivity (Wildman–Crippen MR) is 90.2 cm³/mol. The first-order chi connectivity index (χ1) is 12.7. The largest absolute Gasteiger partial charge is 0.494 e. The van der Waals surface area contributed by atoms with Gasteiger partial charge < -0.3 is 9.47 Å². The summed E-state index contributed by atoms with van der Waals surface area (Å²) < 4.78 is 62.4. The van der Waals surface area contributed by atoms with Crippen molar-refractivity contribution in [2.75, 3.05) is 20.8 Å². The normalized spacial score (nSPS) is 11.1. The minimum atomic E-state index is -3.90. The molecule has 144 valence electrons. The van der Waals surface area contributed by atoms with Gasteiger partial charge in [0.15, 0.2) is 24.0 Å². The SMILES string of the molecule is CNS(=O)(=O)c1ccc(F)c(C(=O)OCC(=O)c2ccc(OC)c(F)c2)c1. The summed E-state index contributed by atoms with van der Waals surface area (Å²) in [5, 5.41) is 0. The standard InChI is InChI=1S/C17H15F2NO6S/c1-20-27(23,24)11-4-5-13(18)12(8-11)17(22)26-9-15(21)10-3-6-16(25-2)14(19)7-10/h3-8,20H,9H2,1-2H3. The Morgan fingerprint density at radius 3 is 2.37 bits per heavy atom. The minimum Gasteiger partial charge on any atom is -0.494 e. The van der Waals surface area contributed by atoms with E-state index in [1.807, 2.05) is 4.72 Å². The van der Waals surface area contributed by atoms with Gasteiger partial charge in [-0.3, -0.25) is 4.79 Å². The molecular weight excluding hydrogens is 384 g/mol. The number of hydrogen-bond donors (Lipinski definition) is 1. The van der Waals surface area contributed by atoms with Crippen LogP contribution in [0, 0.1) is 11.6 Å². The van der Waals surface area contributed by atoms with E-state index in [1.54, 1.807) is 0 Å². The molecule has 0 saturated carbocycles. The van der Waals surface area contributed by atoms with Crippen LogP contribution >= 0.6 is 0 Å². The van der Waals surface area contributed by atoms with Crippen LogP contribution in [-0.2, 0) is 14.8 Å². The molecule has 2 aromatic rings. The van der Waals surface area contributed by atoms with E-state index in [1.165, 1.54) is 19.2 Å². The molecule has 0 aliphatic carbocycles. The lowest BCUT2D eigenvalue weighted by Gasteiger charge is -2.08. The summed E-state index contributed by atoms with van der Waals surface area (Å²) in [5.41, 5.74) is -0.729. The van der Waals surface area contributed by atoms with Crippen molar-refractivity contribution in [3.63, 3.8) is 0 Å². The number of Topliss-reactive ketones (excluding diaryl/α,β-unsaturated/α-hetero) is 1. The molecule has 0 radical (unpaired) electrons. The van der Waals surface area contributed by atoms with E-state index in [9.17, 15) is 26.8 Å². The third kappa shape index (κ3) is 4.66. The second-order valence-electron chi connectivity index (χ2n) is 5.20. The fraction of sp³-hybridized carbons (Fsp3) is 0.176. The van der Waals surface area contributed by atoms with Crippen LogP contribution in [-0.4, -0.2) is 40.9 Å². The molecule has 2 rings (SSSR count). The second kappa shape index (κ2) is 8.23. The number of sulfonamides is 1. The number of carbonyl (C=O) groups excluding carboxylic acids is 2. The van der Waals surface area contributed by atoms with Crippen molar-refractivity contribution in [2.24, 2.45) is 0 Å². The van der Waals surface area contributed by atoms with Crippen LogP contribution in [0.2, 0.25) is 0 Å². The van der Waals surface area contributed by atoms with E-state index < -0.39 is 45.6 Å². The highest BCUT2D eigenvalue weighted by Gasteiger charge is 2.20. The van der Waals surface area contributed by atoms with E-state index >= 15 is 0 Å². The maximum Gasteiger partial charge on any atom is 0.341 e. The number of nitrogens with one attached hydrogen (secondary N) is 1. The monoisotopic (exact) mass is 399 g/mol. The van der Waals surface area contributed by atoms with E-state index in [4.69, 9.17) is 9.47 Å². The summed E-state index contributed by atoms with van der Waals surface area (Å²) in [6.45, 7) is -0.785. The Morgan fingerprint density at radius 2 is 1.78 bits per heavy atom. The zero-order valence-electron chi connectivity index (χ0n) is 14.3. The van der Waals surface area contributed by atoms with Gasteiger partial charge in [0.2, 0.25) is 10.0 Å². The molecule has 1 N–H and O–H groups in total. The molecular formula is C17H15F2NO6S. The van der Waals surface area contributed by atoms with Crippen LogP contribution in [0.15, 0.2) is 41.3 Å². The predicted octanol–water partition coefficient (Wildman–Crippen LogP) is 1.92. The van der Waals surface area contributed by atoms with Crippen LogP contribution in [0.4, 0.5) is 8.78 Å². The molecule has 0 spiro atoms. The topological polar surface area (TPSA) is 98.8 Å². The summed E-state index contributed by atoms with van der Waals surface area (Å²) >= 11 is 0. The highest BCUT2D eigenvalue weighted by atomic mass is 32.2. The van der Waals surface area contributed by atoms with Gasteiger partial charge in [-0.15, -0.1) is 0 Å².